The molecular formula is C13H11FO. The molecule has 0 fully saturated rings. The minimum Gasteiger partial charge on any atom is -0.300 e. The molecule has 0 aliphatic rings. The maximum absolute atomic E-state index is 13.0. The van der Waals surface area contributed by atoms with Gasteiger partial charge in [0.05, 0.1) is 0 Å². The lowest BCUT2D eigenvalue weighted by molar-refractivity contribution is -0.116. The Hall–Kier alpha value is -1.70. The summed E-state index contributed by atoms with van der Waals surface area (Å²) in [5, 5.41) is 1.83. The third-order valence-corrected chi connectivity index (χ3v) is 2.32. The summed E-state index contributed by atoms with van der Waals surface area (Å²) in [6.07, 6.45) is 0.409. The standard InChI is InChI=1S/C13H11FO/c1-9(15)6-10-2-3-11-4-5-13(14)8-12(11)7-10/h2-5,7-8H,6H2,1H3. The number of carbonyl (C=O) groups excluding carboxylic acids is 1. The molecule has 0 bridgehead atoms. The van der Waals surface area contributed by atoms with E-state index >= 15 is 0 Å². The van der Waals surface area contributed by atoms with Gasteiger partial charge in [0.2, 0.25) is 0 Å². The lowest BCUT2D eigenvalue weighted by Gasteiger charge is -2.01. The number of hydrogen-bond donors (Lipinski definition) is 0. The van der Waals surface area contributed by atoms with Gasteiger partial charge in [-0.3, -0.25) is 4.79 Å². The van der Waals surface area contributed by atoms with E-state index in [2.05, 4.69) is 0 Å². The summed E-state index contributed by atoms with van der Waals surface area (Å²) in [4.78, 5) is 10.9. The van der Waals surface area contributed by atoms with Crippen molar-refractivity contribution in [2.45, 2.75) is 13.3 Å². The molecule has 0 amide bonds. The monoisotopic (exact) mass is 202 g/mol. The largest absolute Gasteiger partial charge is 0.300 e. The molecule has 0 aliphatic heterocycles. The fourth-order valence-corrected chi connectivity index (χ4v) is 1.66. The summed E-state index contributed by atoms with van der Waals surface area (Å²) in [6.45, 7) is 1.55. The number of fused-ring (bicyclic) bond motifs is 1. The highest BCUT2D eigenvalue weighted by molar-refractivity contribution is 5.85. The van der Waals surface area contributed by atoms with E-state index in [1.165, 1.54) is 12.1 Å². The fraction of sp³-hybridized carbons (Fsp3) is 0.154. The predicted molar refractivity (Wildman–Crippen MR) is 58.3 cm³/mol. The van der Waals surface area contributed by atoms with Gasteiger partial charge in [-0.15, -0.1) is 0 Å². The Balaban J connectivity index is 2.49. The van der Waals surface area contributed by atoms with Crippen LogP contribution in [0, 0.1) is 5.82 Å². The van der Waals surface area contributed by atoms with Crippen LogP contribution in [0.5, 0.6) is 0 Å². The Morgan fingerprint density at radius 2 is 1.87 bits per heavy atom. The Kier molecular flexibility index (Phi) is 2.50. The number of benzene rings is 2. The van der Waals surface area contributed by atoms with E-state index in [0.717, 1.165) is 16.3 Å². The number of hydrogen-bond acceptors (Lipinski definition) is 1. The highest BCUT2D eigenvalue weighted by Gasteiger charge is 2.00. The minimum atomic E-state index is -0.248. The molecule has 2 aromatic carbocycles. The smallest absolute Gasteiger partial charge is 0.134 e. The van der Waals surface area contributed by atoms with Gasteiger partial charge in [0.1, 0.15) is 11.6 Å². The normalized spacial score (nSPS) is 10.5. The van der Waals surface area contributed by atoms with E-state index in [0.29, 0.717) is 6.42 Å². The average Bonchev–Trinajstić information content (AvgIpc) is 2.16. The van der Waals surface area contributed by atoms with Crippen LogP contribution >= 0.6 is 0 Å². The molecule has 15 heavy (non-hydrogen) atoms. The molecule has 1 nitrogen and oxygen atoms in total. The number of ketones is 1. The molecule has 0 atom stereocenters. The fourth-order valence-electron chi connectivity index (χ4n) is 1.66. The van der Waals surface area contributed by atoms with Crippen molar-refractivity contribution < 1.29 is 9.18 Å². The number of halogens is 1. The van der Waals surface area contributed by atoms with Crippen molar-refractivity contribution in [1.29, 1.82) is 0 Å². The summed E-state index contributed by atoms with van der Waals surface area (Å²) >= 11 is 0. The zero-order valence-corrected chi connectivity index (χ0v) is 8.46. The van der Waals surface area contributed by atoms with Crippen molar-refractivity contribution in [2.24, 2.45) is 0 Å². The third-order valence-electron chi connectivity index (χ3n) is 2.32. The predicted octanol–water partition coefficient (Wildman–Crippen LogP) is 3.11. The van der Waals surface area contributed by atoms with Gasteiger partial charge in [0.25, 0.3) is 0 Å². The second-order valence-corrected chi connectivity index (χ2v) is 3.70. The van der Waals surface area contributed by atoms with Gasteiger partial charge in [0.15, 0.2) is 0 Å². The quantitative estimate of drug-likeness (QED) is 0.731. The highest BCUT2D eigenvalue weighted by Crippen LogP contribution is 2.17. The molecule has 2 aromatic rings. The zero-order valence-electron chi connectivity index (χ0n) is 8.46. The van der Waals surface area contributed by atoms with Crippen molar-refractivity contribution in [2.75, 3.05) is 0 Å². The Morgan fingerprint density at radius 3 is 2.60 bits per heavy atom. The van der Waals surface area contributed by atoms with Crippen molar-refractivity contribution in [3.63, 3.8) is 0 Å². The van der Waals surface area contributed by atoms with Crippen LogP contribution in [-0.4, -0.2) is 5.78 Å². The lowest BCUT2D eigenvalue weighted by atomic mass is 10.0. The van der Waals surface area contributed by atoms with E-state index < -0.39 is 0 Å². The summed E-state index contributed by atoms with van der Waals surface area (Å²) in [5.74, 6) is -0.131. The molecular weight excluding hydrogens is 191 g/mol. The molecule has 0 aliphatic carbocycles. The molecule has 0 spiro atoms. The average molecular weight is 202 g/mol. The van der Waals surface area contributed by atoms with Gasteiger partial charge in [-0.25, -0.2) is 4.39 Å². The van der Waals surface area contributed by atoms with E-state index in [9.17, 15) is 9.18 Å². The first kappa shape index (κ1) is 9.84. The van der Waals surface area contributed by atoms with Crippen LogP contribution < -0.4 is 0 Å². The first-order valence-corrected chi connectivity index (χ1v) is 4.83. The Bertz CT molecular complexity index is 517. The maximum Gasteiger partial charge on any atom is 0.134 e. The van der Waals surface area contributed by atoms with Crippen LogP contribution in [0.2, 0.25) is 0 Å². The molecule has 2 heteroatoms. The molecule has 2 rings (SSSR count). The van der Waals surface area contributed by atoms with Crippen molar-refractivity contribution in [3.05, 3.63) is 47.8 Å². The minimum absolute atomic E-state index is 0.116. The van der Waals surface area contributed by atoms with Gasteiger partial charge in [-0.1, -0.05) is 24.3 Å². The zero-order chi connectivity index (χ0) is 10.8. The van der Waals surface area contributed by atoms with Crippen LogP contribution in [-0.2, 0) is 11.2 Å². The van der Waals surface area contributed by atoms with Gasteiger partial charge in [0, 0.05) is 6.42 Å². The van der Waals surface area contributed by atoms with E-state index in [1.54, 1.807) is 13.0 Å². The number of carbonyl (C=O) groups is 1. The van der Waals surface area contributed by atoms with Crippen LogP contribution in [0.4, 0.5) is 4.39 Å². The van der Waals surface area contributed by atoms with Crippen LogP contribution in [0.25, 0.3) is 10.8 Å². The lowest BCUT2D eigenvalue weighted by Crippen LogP contribution is -1.95. The summed E-state index contributed by atoms with van der Waals surface area (Å²) < 4.78 is 13.0. The van der Waals surface area contributed by atoms with Crippen molar-refractivity contribution in [1.82, 2.24) is 0 Å². The topological polar surface area (TPSA) is 17.1 Å². The van der Waals surface area contributed by atoms with Crippen molar-refractivity contribution in [3.8, 4) is 0 Å². The van der Waals surface area contributed by atoms with Crippen LogP contribution in [0.3, 0.4) is 0 Å². The first-order valence-electron chi connectivity index (χ1n) is 4.83. The molecule has 0 heterocycles. The molecule has 76 valence electrons. The highest BCUT2D eigenvalue weighted by atomic mass is 19.1. The molecule has 0 saturated carbocycles. The Morgan fingerprint density at radius 1 is 1.13 bits per heavy atom. The van der Waals surface area contributed by atoms with Crippen molar-refractivity contribution >= 4 is 16.6 Å². The van der Waals surface area contributed by atoms with E-state index in [4.69, 9.17) is 0 Å². The third kappa shape index (κ3) is 2.21. The molecule has 0 unspecified atom stereocenters. The van der Waals surface area contributed by atoms with E-state index in [-0.39, 0.29) is 11.6 Å². The summed E-state index contributed by atoms with van der Waals surface area (Å²) in [6, 6.07) is 10.3. The Labute approximate surface area is 87.5 Å². The number of Topliss-reactive ketones (excluding diaryl/α,β-unsaturated/α-hetero) is 1. The summed E-state index contributed by atoms with van der Waals surface area (Å²) in [5.41, 5.74) is 0.931. The van der Waals surface area contributed by atoms with Gasteiger partial charge in [-0.05, 0) is 35.4 Å². The van der Waals surface area contributed by atoms with Gasteiger partial charge in [-0.2, -0.15) is 0 Å². The SMILES string of the molecule is CC(=O)Cc1ccc2ccc(F)cc2c1. The second kappa shape index (κ2) is 3.81. The van der Waals surface area contributed by atoms with Crippen LogP contribution in [0.1, 0.15) is 12.5 Å². The van der Waals surface area contributed by atoms with Gasteiger partial charge < -0.3 is 0 Å². The van der Waals surface area contributed by atoms with Gasteiger partial charge >= 0.3 is 0 Å². The molecule has 0 radical (unpaired) electrons. The second-order valence-electron chi connectivity index (χ2n) is 3.70. The molecule has 0 saturated heterocycles. The maximum atomic E-state index is 13.0. The molecule has 0 N–H and O–H groups in total. The number of rotatable bonds is 2. The first-order chi connectivity index (χ1) is 7.15. The summed E-state index contributed by atoms with van der Waals surface area (Å²) in [7, 11) is 0. The van der Waals surface area contributed by atoms with Crippen LogP contribution in [0.15, 0.2) is 36.4 Å². The van der Waals surface area contributed by atoms with E-state index in [1.807, 2.05) is 18.2 Å². The molecule has 0 aromatic heterocycles.